The molecule has 28 heavy (non-hydrogen) atoms. The van der Waals surface area contributed by atoms with E-state index < -0.39 is 29.1 Å². The smallest absolute Gasteiger partial charge is 0.326 e. The number of nitrogens with one attached hydrogen (secondary N) is 2. The predicted octanol–water partition coefficient (Wildman–Crippen LogP) is 3.54. The molecule has 2 aromatic carbocycles. The zero-order valence-electron chi connectivity index (χ0n) is 14.7. The van der Waals surface area contributed by atoms with Crippen LogP contribution < -0.4 is 15.4 Å². The molecule has 0 bridgehead atoms. The number of carbonyl (C=O) groups is 2. The zero-order valence-corrected chi connectivity index (χ0v) is 14.7. The third-order valence-corrected chi connectivity index (χ3v) is 3.94. The molecule has 0 saturated heterocycles. The van der Waals surface area contributed by atoms with Gasteiger partial charge in [-0.2, -0.15) is 4.73 Å². The fourth-order valence-electron chi connectivity index (χ4n) is 2.55. The Morgan fingerprint density at radius 3 is 2.21 bits per heavy atom. The lowest BCUT2D eigenvalue weighted by Crippen LogP contribution is -2.36. The number of benzene rings is 2. The number of pyridine rings is 1. The molecule has 1 heterocycles. The van der Waals surface area contributed by atoms with Crippen molar-refractivity contribution in [2.24, 2.45) is 0 Å². The quantitative estimate of drug-likeness (QED) is 0.536. The molecule has 3 aromatic rings. The van der Waals surface area contributed by atoms with Crippen LogP contribution in [0.4, 0.5) is 19.3 Å². The highest BCUT2D eigenvalue weighted by Gasteiger charge is 2.19. The molecule has 2 N–H and O–H groups in total. The largest absolute Gasteiger partial charge is 0.618 e. The van der Waals surface area contributed by atoms with Crippen molar-refractivity contribution in [2.75, 3.05) is 5.32 Å². The molecule has 1 aromatic heterocycles. The van der Waals surface area contributed by atoms with Crippen LogP contribution in [0, 0.1) is 23.8 Å². The van der Waals surface area contributed by atoms with E-state index in [1.165, 1.54) is 12.1 Å². The topological polar surface area (TPSA) is 85.1 Å². The highest BCUT2D eigenvalue weighted by molar-refractivity contribution is 6.08. The number of aryl methyl sites for hydroxylation is 1. The average Bonchev–Trinajstić information content (AvgIpc) is 2.62. The molecule has 142 valence electrons. The number of rotatable bonds is 3. The molecule has 0 spiro atoms. The second kappa shape index (κ2) is 7.83. The number of imide groups is 1. The molecule has 0 fully saturated rings. The van der Waals surface area contributed by atoms with Gasteiger partial charge in [0.1, 0.15) is 22.9 Å². The van der Waals surface area contributed by atoms with Crippen LogP contribution in [-0.2, 0) is 0 Å². The molecule has 0 saturated carbocycles. The number of aromatic nitrogens is 1. The van der Waals surface area contributed by atoms with E-state index in [9.17, 15) is 23.6 Å². The summed E-state index contributed by atoms with van der Waals surface area (Å²) in [6.07, 6.45) is 1.11. The lowest BCUT2D eigenvalue weighted by atomic mass is 10.1. The molecule has 0 radical (unpaired) electrons. The Morgan fingerprint density at radius 2 is 1.61 bits per heavy atom. The van der Waals surface area contributed by atoms with E-state index in [2.05, 4.69) is 5.32 Å². The molecule has 6 nitrogen and oxygen atoms in total. The molecule has 3 rings (SSSR count). The fourth-order valence-corrected chi connectivity index (χ4v) is 2.55. The summed E-state index contributed by atoms with van der Waals surface area (Å²) in [5, 5.41) is 16.3. The molecule has 0 atom stereocenters. The number of amides is 3. The van der Waals surface area contributed by atoms with Crippen LogP contribution in [0.25, 0.3) is 11.3 Å². The number of hydrogen-bond acceptors (Lipinski definition) is 3. The van der Waals surface area contributed by atoms with Crippen molar-refractivity contribution in [3.05, 3.63) is 88.8 Å². The summed E-state index contributed by atoms with van der Waals surface area (Å²) in [5.41, 5.74) is 1.35. The lowest BCUT2D eigenvalue weighted by molar-refractivity contribution is -0.592. The first-order valence-corrected chi connectivity index (χ1v) is 8.22. The van der Waals surface area contributed by atoms with Crippen LogP contribution in [0.2, 0.25) is 0 Å². The number of anilines is 1. The van der Waals surface area contributed by atoms with Crippen molar-refractivity contribution in [3.8, 4) is 11.3 Å². The number of nitrogens with zero attached hydrogens (tertiary/aromatic N) is 1. The first-order chi connectivity index (χ1) is 13.3. The Labute approximate surface area is 159 Å². The minimum absolute atomic E-state index is 0.102. The molecular formula is C20H15F2N3O3. The molecule has 0 aliphatic carbocycles. The first kappa shape index (κ1) is 19.0. The molecule has 0 unspecified atom stereocenters. The highest BCUT2D eigenvalue weighted by Crippen LogP contribution is 2.18. The van der Waals surface area contributed by atoms with Gasteiger partial charge in [0.2, 0.25) is 11.9 Å². The van der Waals surface area contributed by atoms with Crippen molar-refractivity contribution >= 4 is 17.6 Å². The summed E-state index contributed by atoms with van der Waals surface area (Å²) in [6, 6.07) is 12.2. The van der Waals surface area contributed by atoms with Crippen LogP contribution in [0.1, 0.15) is 15.9 Å². The van der Waals surface area contributed by atoms with E-state index in [0.717, 1.165) is 30.0 Å². The Balaban J connectivity index is 1.71. The van der Waals surface area contributed by atoms with Crippen molar-refractivity contribution < 1.29 is 23.1 Å². The van der Waals surface area contributed by atoms with Crippen molar-refractivity contribution in [3.63, 3.8) is 0 Å². The van der Waals surface area contributed by atoms with Gasteiger partial charge in [0.25, 0.3) is 5.91 Å². The van der Waals surface area contributed by atoms with Crippen molar-refractivity contribution in [1.29, 1.82) is 0 Å². The Morgan fingerprint density at radius 1 is 0.964 bits per heavy atom. The van der Waals surface area contributed by atoms with Gasteiger partial charge in [-0.25, -0.2) is 13.6 Å². The van der Waals surface area contributed by atoms with Crippen LogP contribution in [0.15, 0.2) is 60.8 Å². The monoisotopic (exact) mass is 383 g/mol. The van der Waals surface area contributed by atoms with E-state index in [0.29, 0.717) is 16.0 Å². The Bertz CT molecular complexity index is 1030. The standard InChI is InChI=1S/C20H15F2N3O3/c1-12-5-7-13(8-6-12)17-10-9-14(11-25(17)28)23-20(27)24-19(26)18-15(21)3-2-4-16(18)22/h2-11H,1H3,(H2,23,24,26,27). The summed E-state index contributed by atoms with van der Waals surface area (Å²) in [5.74, 6) is -3.42. The highest BCUT2D eigenvalue weighted by atomic mass is 19.1. The Hall–Kier alpha value is -3.81. The average molecular weight is 383 g/mol. The summed E-state index contributed by atoms with van der Waals surface area (Å²) < 4.78 is 27.7. The molecule has 0 aliphatic heterocycles. The number of urea groups is 1. The SMILES string of the molecule is Cc1ccc(-c2ccc(NC(=O)NC(=O)c3c(F)cccc3F)c[n+]2[O-])cc1. The Kier molecular flexibility index (Phi) is 5.30. The van der Waals surface area contributed by atoms with Gasteiger partial charge in [0.15, 0.2) is 0 Å². The predicted molar refractivity (Wildman–Crippen MR) is 98.4 cm³/mol. The minimum Gasteiger partial charge on any atom is -0.618 e. The normalized spacial score (nSPS) is 10.4. The number of hydrogen-bond donors (Lipinski definition) is 2. The van der Waals surface area contributed by atoms with Crippen molar-refractivity contribution in [2.45, 2.75) is 6.92 Å². The van der Waals surface area contributed by atoms with Crippen LogP contribution >= 0.6 is 0 Å². The molecular weight excluding hydrogens is 368 g/mol. The summed E-state index contributed by atoms with van der Waals surface area (Å²) in [4.78, 5) is 23.8. The van der Waals surface area contributed by atoms with Gasteiger partial charge in [-0.3, -0.25) is 10.1 Å². The zero-order chi connectivity index (χ0) is 20.3. The third-order valence-electron chi connectivity index (χ3n) is 3.94. The van der Waals surface area contributed by atoms with E-state index in [1.54, 1.807) is 12.1 Å². The summed E-state index contributed by atoms with van der Waals surface area (Å²) in [7, 11) is 0. The van der Waals surface area contributed by atoms with Gasteiger partial charge in [-0.1, -0.05) is 23.8 Å². The minimum atomic E-state index is -1.24. The second-order valence-electron chi connectivity index (χ2n) is 6.00. The van der Waals surface area contributed by atoms with Gasteiger partial charge in [0.05, 0.1) is 0 Å². The summed E-state index contributed by atoms with van der Waals surface area (Å²) in [6.45, 7) is 1.93. The van der Waals surface area contributed by atoms with Gasteiger partial charge >= 0.3 is 6.03 Å². The van der Waals surface area contributed by atoms with Crippen molar-refractivity contribution in [1.82, 2.24) is 5.32 Å². The number of halogens is 2. The van der Waals surface area contributed by atoms with E-state index in [4.69, 9.17) is 0 Å². The van der Waals surface area contributed by atoms with Gasteiger partial charge in [-0.05, 0) is 37.3 Å². The first-order valence-electron chi connectivity index (χ1n) is 8.22. The maximum absolute atomic E-state index is 13.6. The van der Waals surface area contributed by atoms with Crippen LogP contribution in [0.5, 0.6) is 0 Å². The number of carbonyl (C=O) groups excluding carboxylic acids is 2. The van der Waals surface area contributed by atoms with E-state index >= 15 is 0 Å². The van der Waals surface area contributed by atoms with E-state index in [-0.39, 0.29) is 5.69 Å². The molecule has 8 heteroatoms. The fraction of sp³-hybridized carbons (Fsp3) is 0.0500. The maximum atomic E-state index is 13.6. The van der Waals surface area contributed by atoms with Gasteiger partial charge in [-0.15, -0.1) is 0 Å². The third kappa shape index (κ3) is 4.12. The maximum Gasteiger partial charge on any atom is 0.326 e. The lowest BCUT2D eigenvalue weighted by Gasteiger charge is -2.09. The van der Waals surface area contributed by atoms with Crippen LogP contribution in [-0.4, -0.2) is 11.9 Å². The molecule has 0 aliphatic rings. The van der Waals surface area contributed by atoms with Gasteiger partial charge in [0, 0.05) is 11.6 Å². The van der Waals surface area contributed by atoms with Gasteiger partial charge < -0.3 is 10.5 Å². The van der Waals surface area contributed by atoms with Crippen LogP contribution in [0.3, 0.4) is 0 Å². The molecule has 3 amide bonds. The van der Waals surface area contributed by atoms with E-state index in [1.807, 2.05) is 24.4 Å². The second-order valence-corrected chi connectivity index (χ2v) is 6.00. The summed E-state index contributed by atoms with van der Waals surface area (Å²) >= 11 is 0.